The van der Waals surface area contributed by atoms with Gasteiger partial charge in [0.2, 0.25) is 5.91 Å². The van der Waals surface area contributed by atoms with E-state index in [0.29, 0.717) is 21.5 Å². The van der Waals surface area contributed by atoms with Gasteiger partial charge in [0.25, 0.3) is 0 Å². The summed E-state index contributed by atoms with van der Waals surface area (Å²) in [5.41, 5.74) is 1.18. The van der Waals surface area contributed by atoms with Crippen LogP contribution in [0.2, 0.25) is 5.02 Å². The zero-order chi connectivity index (χ0) is 14.7. The molecule has 1 aromatic carbocycles. The van der Waals surface area contributed by atoms with Crippen LogP contribution in [0.15, 0.2) is 18.2 Å². The Balaban J connectivity index is 2.38. The maximum Gasteiger partial charge on any atom is 0.352 e. The van der Waals surface area contributed by atoms with Gasteiger partial charge < -0.3 is 20.1 Å². The number of carboxylic acids is 1. The number of fused-ring (bicyclic) bond motifs is 1. The molecule has 0 saturated heterocycles. The number of hydrogen-bond donors (Lipinski definition) is 3. The Hall–Kier alpha value is -2.05. The van der Waals surface area contributed by atoms with Crippen molar-refractivity contribution in [1.82, 2.24) is 10.3 Å². The van der Waals surface area contributed by atoms with Gasteiger partial charge in [-0.1, -0.05) is 11.6 Å². The minimum Gasteiger partial charge on any atom is -0.477 e. The summed E-state index contributed by atoms with van der Waals surface area (Å²) in [6.45, 7) is 0.00961. The topological polar surface area (TPSA) is 91.4 Å². The lowest BCUT2D eigenvalue weighted by molar-refractivity contribution is -0.124. The Bertz CT molecular complexity index is 666. The zero-order valence-electron chi connectivity index (χ0n) is 10.7. The van der Waals surface area contributed by atoms with Gasteiger partial charge >= 0.3 is 5.97 Å². The van der Waals surface area contributed by atoms with E-state index in [9.17, 15) is 14.7 Å². The minimum absolute atomic E-state index is 0.0417. The number of carboxylic acid groups (broad SMARTS) is 1. The third kappa shape index (κ3) is 2.92. The molecule has 0 bridgehead atoms. The Morgan fingerprint density at radius 2 is 2.20 bits per heavy atom. The Labute approximate surface area is 119 Å². The maximum atomic E-state index is 11.4. The molecule has 7 heteroatoms. The first kappa shape index (κ1) is 14.4. The van der Waals surface area contributed by atoms with Crippen LogP contribution in [-0.2, 0) is 16.1 Å². The highest BCUT2D eigenvalue weighted by molar-refractivity contribution is 6.31. The van der Waals surface area contributed by atoms with E-state index in [2.05, 4.69) is 10.3 Å². The van der Waals surface area contributed by atoms with Crippen LogP contribution in [0.1, 0.15) is 16.1 Å². The lowest BCUT2D eigenvalue weighted by Crippen LogP contribution is -2.27. The number of carbonyl (C=O) groups excluding carboxylic acids is 1. The molecule has 0 radical (unpaired) electrons. The molecule has 1 amide bonds. The highest BCUT2D eigenvalue weighted by Gasteiger charge is 2.17. The van der Waals surface area contributed by atoms with Crippen molar-refractivity contribution in [1.29, 1.82) is 0 Å². The van der Waals surface area contributed by atoms with Crippen molar-refractivity contribution in [3.05, 3.63) is 34.5 Å². The van der Waals surface area contributed by atoms with E-state index in [1.807, 2.05) is 0 Å². The number of benzene rings is 1. The first-order valence-corrected chi connectivity index (χ1v) is 6.19. The smallest absolute Gasteiger partial charge is 0.352 e. The second-order valence-electron chi connectivity index (χ2n) is 4.18. The summed E-state index contributed by atoms with van der Waals surface area (Å²) in [7, 11) is 1.41. The van der Waals surface area contributed by atoms with E-state index in [4.69, 9.17) is 16.3 Å². The van der Waals surface area contributed by atoms with Crippen LogP contribution in [0.5, 0.6) is 0 Å². The van der Waals surface area contributed by atoms with Crippen molar-refractivity contribution in [2.75, 3.05) is 13.7 Å². The SMILES string of the molecule is COCC(=O)NCc1c(C(=O)O)[nH]c2ccc(Cl)cc12. The molecule has 106 valence electrons. The van der Waals surface area contributed by atoms with E-state index in [1.54, 1.807) is 18.2 Å². The standard InChI is InChI=1S/C13H13ClN2O4/c1-20-6-11(17)15-5-9-8-4-7(14)2-3-10(8)16-12(9)13(18)19/h2-4,16H,5-6H2,1H3,(H,15,17)(H,18,19). The van der Waals surface area contributed by atoms with Crippen molar-refractivity contribution in [2.45, 2.75) is 6.54 Å². The lowest BCUT2D eigenvalue weighted by Gasteiger charge is -2.05. The molecule has 0 aliphatic heterocycles. The molecule has 0 aliphatic carbocycles. The number of rotatable bonds is 5. The molecule has 0 unspecified atom stereocenters. The molecule has 1 aromatic heterocycles. The predicted octanol–water partition coefficient (Wildman–Crippen LogP) is 1.78. The highest BCUT2D eigenvalue weighted by atomic mass is 35.5. The number of aromatic amines is 1. The second-order valence-corrected chi connectivity index (χ2v) is 4.62. The summed E-state index contributed by atoms with van der Waals surface area (Å²) in [6, 6.07) is 5.03. The van der Waals surface area contributed by atoms with Gasteiger partial charge in [-0.05, 0) is 18.2 Å². The minimum atomic E-state index is -1.09. The van der Waals surface area contributed by atoms with E-state index in [-0.39, 0.29) is 24.8 Å². The molecule has 0 atom stereocenters. The molecule has 20 heavy (non-hydrogen) atoms. The summed E-state index contributed by atoms with van der Waals surface area (Å²) in [5.74, 6) is -1.41. The summed E-state index contributed by atoms with van der Waals surface area (Å²) in [4.78, 5) is 25.5. The fourth-order valence-electron chi connectivity index (χ4n) is 1.96. The first-order valence-electron chi connectivity index (χ1n) is 5.82. The average molecular weight is 297 g/mol. The van der Waals surface area contributed by atoms with Crippen LogP contribution in [0.3, 0.4) is 0 Å². The van der Waals surface area contributed by atoms with Crippen LogP contribution in [-0.4, -0.2) is 35.7 Å². The molecule has 2 aromatic rings. The van der Waals surface area contributed by atoms with Gasteiger partial charge in [0, 0.05) is 35.1 Å². The number of aromatic carboxylic acids is 1. The molecule has 1 heterocycles. The second kappa shape index (κ2) is 5.94. The summed E-state index contributed by atoms with van der Waals surface area (Å²) >= 11 is 5.92. The van der Waals surface area contributed by atoms with Gasteiger partial charge in [-0.3, -0.25) is 4.79 Å². The molecule has 0 aliphatic rings. The molecular formula is C13H13ClN2O4. The van der Waals surface area contributed by atoms with Crippen LogP contribution in [0.25, 0.3) is 10.9 Å². The number of H-pyrrole nitrogens is 1. The van der Waals surface area contributed by atoms with Crippen molar-refractivity contribution in [3.8, 4) is 0 Å². The molecule has 2 rings (SSSR count). The molecule has 0 saturated carbocycles. The quantitative estimate of drug-likeness (QED) is 0.784. The fourth-order valence-corrected chi connectivity index (χ4v) is 2.13. The van der Waals surface area contributed by atoms with E-state index in [1.165, 1.54) is 7.11 Å². The number of aromatic nitrogens is 1. The van der Waals surface area contributed by atoms with E-state index >= 15 is 0 Å². The maximum absolute atomic E-state index is 11.4. The number of carbonyl (C=O) groups is 2. The zero-order valence-corrected chi connectivity index (χ0v) is 11.5. The molecule has 0 fully saturated rings. The van der Waals surface area contributed by atoms with Crippen LogP contribution < -0.4 is 5.32 Å². The van der Waals surface area contributed by atoms with Crippen molar-refractivity contribution >= 4 is 34.4 Å². The molecule has 6 nitrogen and oxygen atoms in total. The molecule has 0 spiro atoms. The number of methoxy groups -OCH3 is 1. The third-order valence-electron chi connectivity index (χ3n) is 2.82. The lowest BCUT2D eigenvalue weighted by atomic mass is 10.1. The number of nitrogens with one attached hydrogen (secondary N) is 2. The number of ether oxygens (including phenoxy) is 1. The summed E-state index contributed by atoms with van der Waals surface area (Å²) < 4.78 is 4.70. The van der Waals surface area contributed by atoms with Crippen LogP contribution in [0.4, 0.5) is 0 Å². The highest BCUT2D eigenvalue weighted by Crippen LogP contribution is 2.25. The average Bonchev–Trinajstić information content (AvgIpc) is 2.75. The summed E-state index contributed by atoms with van der Waals surface area (Å²) in [5, 5.41) is 13.0. The number of hydrogen-bond acceptors (Lipinski definition) is 3. The predicted molar refractivity (Wildman–Crippen MR) is 74.0 cm³/mol. The Kier molecular flexibility index (Phi) is 4.26. The van der Waals surface area contributed by atoms with Crippen LogP contribution in [0, 0.1) is 0 Å². The van der Waals surface area contributed by atoms with Crippen molar-refractivity contribution < 1.29 is 19.4 Å². The van der Waals surface area contributed by atoms with Gasteiger partial charge in [0.1, 0.15) is 12.3 Å². The first-order chi connectivity index (χ1) is 9.52. The van der Waals surface area contributed by atoms with Gasteiger partial charge in [-0.25, -0.2) is 4.79 Å². The van der Waals surface area contributed by atoms with Gasteiger partial charge in [-0.15, -0.1) is 0 Å². The van der Waals surface area contributed by atoms with E-state index < -0.39 is 5.97 Å². The van der Waals surface area contributed by atoms with Gasteiger partial charge in [-0.2, -0.15) is 0 Å². The monoisotopic (exact) mass is 296 g/mol. The van der Waals surface area contributed by atoms with E-state index in [0.717, 1.165) is 0 Å². The number of amides is 1. The number of halogens is 1. The van der Waals surface area contributed by atoms with Crippen molar-refractivity contribution in [3.63, 3.8) is 0 Å². The van der Waals surface area contributed by atoms with Gasteiger partial charge in [0.15, 0.2) is 0 Å². The Morgan fingerprint density at radius 1 is 1.45 bits per heavy atom. The normalized spacial score (nSPS) is 10.7. The molecule has 3 N–H and O–H groups in total. The Morgan fingerprint density at radius 3 is 2.85 bits per heavy atom. The summed E-state index contributed by atoms with van der Waals surface area (Å²) in [6.07, 6.45) is 0. The van der Waals surface area contributed by atoms with Crippen molar-refractivity contribution in [2.24, 2.45) is 0 Å². The fraction of sp³-hybridized carbons (Fsp3) is 0.231. The van der Waals surface area contributed by atoms with Crippen LogP contribution >= 0.6 is 11.6 Å². The molecular weight excluding hydrogens is 284 g/mol. The largest absolute Gasteiger partial charge is 0.477 e. The van der Waals surface area contributed by atoms with Gasteiger partial charge in [0.05, 0.1) is 0 Å². The third-order valence-corrected chi connectivity index (χ3v) is 3.05.